The first-order valence-corrected chi connectivity index (χ1v) is 8.66. The van der Waals surface area contributed by atoms with Crippen molar-refractivity contribution < 1.29 is 9.18 Å². The minimum Gasteiger partial charge on any atom is -0.370 e. The third-order valence-corrected chi connectivity index (χ3v) is 4.40. The van der Waals surface area contributed by atoms with Crippen molar-refractivity contribution >= 4 is 23.2 Å². The highest BCUT2D eigenvalue weighted by Gasteiger charge is 2.17. The molecular formula is C19H19ClFN3O. The lowest BCUT2D eigenvalue weighted by atomic mass is 10.0. The smallest absolute Gasteiger partial charge is 0.141 e. The molecule has 1 N–H and O–H groups in total. The van der Waals surface area contributed by atoms with Crippen LogP contribution in [0.15, 0.2) is 35.5 Å². The first kappa shape index (κ1) is 17.5. The molecule has 0 saturated carbocycles. The molecule has 0 fully saturated rings. The number of ketones is 1. The number of nitrogens with one attached hydrogen (secondary N) is 1. The molecule has 0 unspecified atom stereocenters. The lowest BCUT2D eigenvalue weighted by Crippen LogP contribution is -2.22. The summed E-state index contributed by atoms with van der Waals surface area (Å²) in [6.45, 7) is 3.46. The zero-order valence-corrected chi connectivity index (χ0v) is 14.7. The van der Waals surface area contributed by atoms with E-state index in [9.17, 15) is 9.18 Å². The van der Waals surface area contributed by atoms with Crippen molar-refractivity contribution in [3.05, 3.63) is 63.7 Å². The molecule has 1 aliphatic rings. The summed E-state index contributed by atoms with van der Waals surface area (Å²) in [6.07, 6.45) is 2.99. The molecule has 0 saturated heterocycles. The minimum atomic E-state index is -0.446. The molecule has 1 aliphatic heterocycles. The number of benzene rings is 1. The summed E-state index contributed by atoms with van der Waals surface area (Å²) in [5, 5.41) is 3.30. The van der Waals surface area contributed by atoms with E-state index in [0.717, 1.165) is 34.8 Å². The summed E-state index contributed by atoms with van der Waals surface area (Å²) < 4.78 is 13.1. The fraction of sp³-hybridized carbons (Fsp3) is 0.316. The van der Waals surface area contributed by atoms with Crippen LogP contribution >= 0.6 is 11.6 Å². The van der Waals surface area contributed by atoms with Crippen molar-refractivity contribution in [3.63, 3.8) is 0 Å². The number of aliphatic imine (C=N–C) groups is 1. The van der Waals surface area contributed by atoms with Crippen LogP contribution in [0.5, 0.6) is 0 Å². The first-order chi connectivity index (χ1) is 12.1. The van der Waals surface area contributed by atoms with Crippen LogP contribution in [0, 0.1) is 5.82 Å². The number of nitrogens with zero attached hydrogens (tertiary/aromatic N) is 2. The van der Waals surface area contributed by atoms with Crippen molar-refractivity contribution in [1.82, 2.24) is 10.3 Å². The second-order valence-electron chi connectivity index (χ2n) is 5.99. The van der Waals surface area contributed by atoms with Gasteiger partial charge in [-0.25, -0.2) is 4.39 Å². The molecule has 1 aromatic carbocycles. The Morgan fingerprint density at radius 1 is 1.36 bits per heavy atom. The molecule has 0 spiro atoms. The van der Waals surface area contributed by atoms with Gasteiger partial charge in [-0.2, -0.15) is 0 Å². The molecule has 2 heterocycles. The van der Waals surface area contributed by atoms with Crippen LogP contribution < -0.4 is 5.32 Å². The van der Waals surface area contributed by atoms with Gasteiger partial charge in [-0.05, 0) is 42.7 Å². The number of carbonyl (C=O) groups excluding carboxylic acids is 1. The molecule has 0 amide bonds. The monoisotopic (exact) mass is 359 g/mol. The lowest BCUT2D eigenvalue weighted by Gasteiger charge is -2.07. The van der Waals surface area contributed by atoms with Gasteiger partial charge >= 0.3 is 0 Å². The van der Waals surface area contributed by atoms with Gasteiger partial charge in [0.2, 0.25) is 0 Å². The maximum atomic E-state index is 13.1. The van der Waals surface area contributed by atoms with Crippen LogP contribution in [0.25, 0.3) is 0 Å². The maximum absolute atomic E-state index is 13.1. The maximum Gasteiger partial charge on any atom is 0.141 e. The quantitative estimate of drug-likeness (QED) is 0.859. The largest absolute Gasteiger partial charge is 0.370 e. The summed E-state index contributed by atoms with van der Waals surface area (Å²) in [5.41, 5.74) is 3.72. The van der Waals surface area contributed by atoms with Gasteiger partial charge in [-0.15, -0.1) is 0 Å². The topological polar surface area (TPSA) is 54.4 Å². The third-order valence-electron chi connectivity index (χ3n) is 4.11. The summed E-state index contributed by atoms with van der Waals surface area (Å²) in [7, 11) is 0. The lowest BCUT2D eigenvalue weighted by molar-refractivity contribution is -0.118. The number of aryl methyl sites for hydroxylation is 1. The molecular weight excluding hydrogens is 341 g/mol. The van der Waals surface area contributed by atoms with Gasteiger partial charge in [0.1, 0.15) is 17.4 Å². The SMILES string of the molecule is CCNC1=NCc2cc(CC(=O)CCc3ccc(F)c(Cl)c3)ncc21. The second kappa shape index (κ2) is 7.74. The van der Waals surface area contributed by atoms with Gasteiger partial charge in [0.15, 0.2) is 0 Å². The Kier molecular flexibility index (Phi) is 5.43. The van der Waals surface area contributed by atoms with Crippen LogP contribution in [0.4, 0.5) is 4.39 Å². The number of amidine groups is 1. The molecule has 1 aromatic heterocycles. The van der Waals surface area contributed by atoms with E-state index >= 15 is 0 Å². The molecule has 4 nitrogen and oxygen atoms in total. The van der Waals surface area contributed by atoms with E-state index in [1.807, 2.05) is 13.0 Å². The summed E-state index contributed by atoms with van der Waals surface area (Å²) in [5.74, 6) is 0.521. The van der Waals surface area contributed by atoms with Gasteiger partial charge in [0.25, 0.3) is 0 Å². The molecule has 0 aliphatic carbocycles. The molecule has 3 rings (SSSR count). The number of rotatable bonds is 6. The van der Waals surface area contributed by atoms with Crippen LogP contribution in [-0.4, -0.2) is 23.1 Å². The predicted octanol–water partition coefficient (Wildman–Crippen LogP) is 3.49. The van der Waals surface area contributed by atoms with Crippen molar-refractivity contribution in [3.8, 4) is 0 Å². The van der Waals surface area contributed by atoms with Crippen LogP contribution in [0.1, 0.15) is 35.7 Å². The van der Waals surface area contributed by atoms with Crippen LogP contribution in [0.3, 0.4) is 0 Å². The Balaban J connectivity index is 1.58. The number of Topliss-reactive ketones (excluding diaryl/α,β-unsaturated/α-hetero) is 1. The first-order valence-electron chi connectivity index (χ1n) is 8.29. The molecule has 0 atom stereocenters. The number of carbonyl (C=O) groups is 1. The highest BCUT2D eigenvalue weighted by molar-refractivity contribution is 6.30. The molecule has 25 heavy (non-hydrogen) atoms. The van der Waals surface area contributed by atoms with Gasteiger partial charge in [-0.3, -0.25) is 14.8 Å². The number of halogens is 2. The van der Waals surface area contributed by atoms with E-state index in [4.69, 9.17) is 11.6 Å². The number of aromatic nitrogens is 1. The summed E-state index contributed by atoms with van der Waals surface area (Å²) in [6, 6.07) is 6.50. The zero-order chi connectivity index (χ0) is 17.8. The van der Waals surface area contributed by atoms with E-state index in [0.29, 0.717) is 25.8 Å². The van der Waals surface area contributed by atoms with Crippen molar-refractivity contribution in [2.75, 3.05) is 6.54 Å². The molecule has 0 radical (unpaired) electrons. The van der Waals surface area contributed by atoms with Gasteiger partial charge in [0, 0.05) is 36.8 Å². The highest BCUT2D eigenvalue weighted by Crippen LogP contribution is 2.19. The molecule has 2 aromatic rings. The Morgan fingerprint density at radius 2 is 2.20 bits per heavy atom. The number of hydrogen-bond acceptors (Lipinski definition) is 4. The Morgan fingerprint density at radius 3 is 2.96 bits per heavy atom. The Labute approximate surface area is 151 Å². The average molecular weight is 360 g/mol. The molecule has 0 bridgehead atoms. The van der Waals surface area contributed by atoms with E-state index in [1.165, 1.54) is 6.07 Å². The van der Waals surface area contributed by atoms with E-state index < -0.39 is 5.82 Å². The van der Waals surface area contributed by atoms with Gasteiger partial charge in [0.05, 0.1) is 11.6 Å². The standard InChI is InChI=1S/C19H19ClFN3O/c1-2-22-19-16-11-23-14(8-13(16)10-24-19)9-15(25)5-3-12-4-6-18(21)17(20)7-12/h4,6-8,11H,2-3,5,9-10H2,1H3,(H,22,24). The predicted molar refractivity (Wildman–Crippen MR) is 96.6 cm³/mol. The summed E-state index contributed by atoms with van der Waals surface area (Å²) >= 11 is 5.76. The highest BCUT2D eigenvalue weighted by atomic mass is 35.5. The number of hydrogen-bond donors (Lipinski definition) is 1. The zero-order valence-electron chi connectivity index (χ0n) is 14.0. The number of fused-ring (bicyclic) bond motifs is 1. The fourth-order valence-corrected chi connectivity index (χ4v) is 3.03. The van der Waals surface area contributed by atoms with Gasteiger partial charge in [-0.1, -0.05) is 17.7 Å². The summed E-state index contributed by atoms with van der Waals surface area (Å²) in [4.78, 5) is 21.1. The van der Waals surface area contributed by atoms with E-state index in [-0.39, 0.29) is 10.8 Å². The fourth-order valence-electron chi connectivity index (χ4n) is 2.82. The molecule has 6 heteroatoms. The van der Waals surface area contributed by atoms with Crippen molar-refractivity contribution in [2.45, 2.75) is 32.7 Å². The Bertz CT molecular complexity index is 835. The van der Waals surface area contributed by atoms with Crippen molar-refractivity contribution in [1.29, 1.82) is 0 Å². The normalized spacial score (nSPS) is 12.7. The minimum absolute atomic E-state index is 0.0849. The third kappa shape index (κ3) is 4.23. The van der Waals surface area contributed by atoms with E-state index in [1.54, 1.807) is 18.3 Å². The Hall–Kier alpha value is -2.27. The number of pyridine rings is 1. The van der Waals surface area contributed by atoms with E-state index in [2.05, 4.69) is 15.3 Å². The molecule has 130 valence electrons. The van der Waals surface area contributed by atoms with Gasteiger partial charge < -0.3 is 5.32 Å². The second-order valence-corrected chi connectivity index (χ2v) is 6.40. The van der Waals surface area contributed by atoms with Crippen molar-refractivity contribution in [2.24, 2.45) is 4.99 Å². The van der Waals surface area contributed by atoms with Crippen LogP contribution in [-0.2, 0) is 24.2 Å². The van der Waals surface area contributed by atoms with Crippen LogP contribution in [0.2, 0.25) is 5.02 Å². The average Bonchev–Trinajstić information content (AvgIpc) is 2.99.